The topological polar surface area (TPSA) is 24.9 Å². The van der Waals surface area contributed by atoms with Gasteiger partial charge in [0, 0.05) is 24.6 Å². The Bertz CT molecular complexity index is 519. The summed E-state index contributed by atoms with van der Waals surface area (Å²) in [5.74, 6) is 0. The van der Waals surface area contributed by atoms with E-state index in [4.69, 9.17) is 0 Å². The zero-order valence-corrected chi connectivity index (χ0v) is 14.4. The minimum Gasteiger partial charge on any atom is -0.385 e. The summed E-state index contributed by atoms with van der Waals surface area (Å²) < 4.78 is 0. The fraction of sp³-hybridized carbons (Fsp3) is 0.476. The Morgan fingerprint density at radius 1 is 0.783 bits per heavy atom. The van der Waals surface area contributed by atoms with Crippen LogP contribution < -0.4 is 5.32 Å². The highest BCUT2D eigenvalue weighted by atomic mass is 14.9. The lowest BCUT2D eigenvalue weighted by molar-refractivity contribution is 0.581. The van der Waals surface area contributed by atoms with Crippen molar-refractivity contribution in [2.24, 2.45) is 0 Å². The van der Waals surface area contributed by atoms with Crippen LogP contribution in [-0.2, 0) is 0 Å². The Kier molecular flexibility index (Phi) is 8.25. The van der Waals surface area contributed by atoms with Gasteiger partial charge in [0.25, 0.3) is 0 Å². The largest absolute Gasteiger partial charge is 0.385 e. The number of aromatic nitrogens is 1. The molecule has 2 aromatic rings. The molecule has 0 spiro atoms. The van der Waals surface area contributed by atoms with Crippen LogP contribution >= 0.6 is 0 Å². The molecule has 0 amide bonds. The van der Waals surface area contributed by atoms with Gasteiger partial charge in [-0.05, 0) is 35.7 Å². The van der Waals surface area contributed by atoms with Crippen molar-refractivity contribution in [2.75, 3.05) is 11.9 Å². The molecule has 1 aromatic heterocycles. The zero-order valence-electron chi connectivity index (χ0n) is 14.4. The summed E-state index contributed by atoms with van der Waals surface area (Å²) in [7, 11) is 0. The molecule has 0 unspecified atom stereocenters. The first-order chi connectivity index (χ1) is 11.4. The first-order valence-electron chi connectivity index (χ1n) is 9.14. The highest BCUT2D eigenvalue weighted by Gasteiger charge is 1.98. The van der Waals surface area contributed by atoms with Crippen LogP contribution in [-0.4, -0.2) is 11.5 Å². The normalized spacial score (nSPS) is 10.7. The number of anilines is 1. The van der Waals surface area contributed by atoms with E-state index in [0.717, 1.165) is 6.54 Å². The van der Waals surface area contributed by atoms with E-state index >= 15 is 0 Å². The molecule has 1 N–H and O–H groups in total. The van der Waals surface area contributed by atoms with Crippen molar-refractivity contribution in [2.45, 2.75) is 58.3 Å². The molecular formula is C21H30N2. The number of benzene rings is 1. The average molecular weight is 310 g/mol. The van der Waals surface area contributed by atoms with Crippen LogP contribution in [0, 0.1) is 0 Å². The smallest absolute Gasteiger partial charge is 0.0346 e. The van der Waals surface area contributed by atoms with Crippen molar-refractivity contribution < 1.29 is 0 Å². The molecule has 124 valence electrons. The predicted molar refractivity (Wildman–Crippen MR) is 101 cm³/mol. The number of unbranched alkanes of at least 4 members (excludes halogenated alkanes) is 7. The van der Waals surface area contributed by atoms with Crippen molar-refractivity contribution in [1.82, 2.24) is 4.98 Å². The second-order valence-electron chi connectivity index (χ2n) is 6.22. The number of pyridine rings is 1. The van der Waals surface area contributed by atoms with Crippen LogP contribution in [0.4, 0.5) is 5.69 Å². The van der Waals surface area contributed by atoms with Gasteiger partial charge < -0.3 is 5.32 Å². The van der Waals surface area contributed by atoms with Gasteiger partial charge in [-0.2, -0.15) is 0 Å². The van der Waals surface area contributed by atoms with Gasteiger partial charge in [0.15, 0.2) is 0 Å². The fourth-order valence-electron chi connectivity index (χ4n) is 2.81. The minimum atomic E-state index is 1.07. The van der Waals surface area contributed by atoms with Gasteiger partial charge in [-0.25, -0.2) is 0 Å². The number of nitrogens with one attached hydrogen (secondary N) is 1. The van der Waals surface area contributed by atoms with Crippen LogP contribution in [0.15, 0.2) is 48.8 Å². The summed E-state index contributed by atoms with van der Waals surface area (Å²) >= 11 is 0. The van der Waals surface area contributed by atoms with Gasteiger partial charge in [0.2, 0.25) is 0 Å². The van der Waals surface area contributed by atoms with E-state index in [2.05, 4.69) is 47.6 Å². The maximum absolute atomic E-state index is 4.17. The highest BCUT2D eigenvalue weighted by molar-refractivity contribution is 5.65. The van der Waals surface area contributed by atoms with E-state index in [1.807, 2.05) is 18.5 Å². The molecule has 0 bridgehead atoms. The van der Waals surface area contributed by atoms with Crippen LogP contribution in [0.2, 0.25) is 0 Å². The van der Waals surface area contributed by atoms with Crippen LogP contribution in [0.1, 0.15) is 58.3 Å². The molecule has 0 atom stereocenters. The van der Waals surface area contributed by atoms with Crippen LogP contribution in [0.5, 0.6) is 0 Å². The Morgan fingerprint density at radius 2 is 1.48 bits per heavy atom. The van der Waals surface area contributed by atoms with E-state index in [9.17, 15) is 0 Å². The Labute approximate surface area is 141 Å². The molecule has 2 heteroatoms. The van der Waals surface area contributed by atoms with E-state index < -0.39 is 0 Å². The van der Waals surface area contributed by atoms with E-state index in [1.165, 1.54) is 68.2 Å². The molecule has 0 saturated carbocycles. The van der Waals surface area contributed by atoms with Crippen molar-refractivity contribution in [1.29, 1.82) is 0 Å². The Balaban J connectivity index is 1.60. The van der Waals surface area contributed by atoms with Crippen molar-refractivity contribution in [3.05, 3.63) is 48.8 Å². The molecule has 1 aromatic carbocycles. The van der Waals surface area contributed by atoms with E-state index in [-0.39, 0.29) is 0 Å². The molecule has 0 radical (unpaired) electrons. The summed E-state index contributed by atoms with van der Waals surface area (Å²) in [5, 5.41) is 3.52. The average Bonchev–Trinajstić information content (AvgIpc) is 2.62. The number of hydrogen-bond donors (Lipinski definition) is 1. The van der Waals surface area contributed by atoms with Gasteiger partial charge in [-0.3, -0.25) is 4.98 Å². The van der Waals surface area contributed by atoms with Gasteiger partial charge in [0.05, 0.1) is 0 Å². The summed E-state index contributed by atoms with van der Waals surface area (Å²) in [6.07, 6.45) is 14.7. The van der Waals surface area contributed by atoms with Crippen LogP contribution in [0.25, 0.3) is 11.1 Å². The van der Waals surface area contributed by atoms with Gasteiger partial charge in [0.1, 0.15) is 0 Å². The van der Waals surface area contributed by atoms with E-state index in [0.29, 0.717) is 0 Å². The lowest BCUT2D eigenvalue weighted by Crippen LogP contribution is -2.01. The predicted octanol–water partition coefficient (Wildman–Crippen LogP) is 6.30. The number of nitrogens with zero attached hydrogens (tertiary/aromatic N) is 1. The molecule has 23 heavy (non-hydrogen) atoms. The molecule has 0 saturated heterocycles. The van der Waals surface area contributed by atoms with Crippen molar-refractivity contribution in [3.8, 4) is 11.1 Å². The molecule has 0 aliphatic carbocycles. The third-order valence-electron chi connectivity index (χ3n) is 4.24. The molecule has 0 fully saturated rings. The third-order valence-corrected chi connectivity index (χ3v) is 4.24. The van der Waals surface area contributed by atoms with E-state index in [1.54, 1.807) is 0 Å². The van der Waals surface area contributed by atoms with Gasteiger partial charge in [-0.1, -0.05) is 70.1 Å². The quantitative estimate of drug-likeness (QED) is 0.492. The summed E-state index contributed by atoms with van der Waals surface area (Å²) in [5.41, 5.74) is 3.60. The molecular weight excluding hydrogens is 280 g/mol. The summed E-state index contributed by atoms with van der Waals surface area (Å²) in [4.78, 5) is 4.17. The van der Waals surface area contributed by atoms with Crippen molar-refractivity contribution >= 4 is 5.69 Å². The van der Waals surface area contributed by atoms with Crippen LogP contribution in [0.3, 0.4) is 0 Å². The molecule has 0 aliphatic heterocycles. The lowest BCUT2D eigenvalue weighted by atomic mass is 10.1. The minimum absolute atomic E-state index is 1.07. The first kappa shape index (κ1) is 17.5. The SMILES string of the molecule is CCCCCCCCCCNc1ccc(-c2cccnc2)cc1. The molecule has 0 aliphatic rings. The fourth-order valence-corrected chi connectivity index (χ4v) is 2.81. The summed E-state index contributed by atoms with van der Waals surface area (Å²) in [6.45, 7) is 3.34. The van der Waals surface area contributed by atoms with Gasteiger partial charge in [-0.15, -0.1) is 0 Å². The Morgan fingerprint density at radius 3 is 2.13 bits per heavy atom. The Hall–Kier alpha value is -1.83. The third kappa shape index (κ3) is 6.85. The maximum atomic E-state index is 4.17. The van der Waals surface area contributed by atoms with Crippen molar-refractivity contribution in [3.63, 3.8) is 0 Å². The number of rotatable bonds is 11. The molecule has 2 nitrogen and oxygen atoms in total. The lowest BCUT2D eigenvalue weighted by Gasteiger charge is -2.08. The standard InChI is InChI=1S/C21H30N2/c1-2-3-4-5-6-7-8-9-17-23-21-14-12-19(13-15-21)20-11-10-16-22-18-20/h10-16,18,23H,2-9,17H2,1H3. The molecule has 2 rings (SSSR count). The summed E-state index contributed by atoms with van der Waals surface area (Å²) in [6, 6.07) is 12.7. The second kappa shape index (κ2) is 10.8. The number of hydrogen-bond acceptors (Lipinski definition) is 2. The first-order valence-corrected chi connectivity index (χ1v) is 9.14. The molecule has 1 heterocycles. The zero-order chi connectivity index (χ0) is 16.2. The maximum Gasteiger partial charge on any atom is 0.0346 e. The van der Waals surface area contributed by atoms with Gasteiger partial charge >= 0.3 is 0 Å². The highest BCUT2D eigenvalue weighted by Crippen LogP contribution is 2.20. The monoisotopic (exact) mass is 310 g/mol. The second-order valence-corrected chi connectivity index (χ2v) is 6.22.